The van der Waals surface area contributed by atoms with Crippen molar-refractivity contribution in [2.24, 2.45) is 0 Å². The van der Waals surface area contributed by atoms with Crippen LogP contribution in [0.25, 0.3) is 21.7 Å². The summed E-state index contributed by atoms with van der Waals surface area (Å²) in [6, 6.07) is 12.3. The minimum absolute atomic E-state index is 0.0680. The fraction of sp³-hybridized carbons (Fsp3) is 0. The molecule has 0 radical (unpaired) electrons. The van der Waals surface area contributed by atoms with Crippen LogP contribution in [0.2, 0.25) is 0 Å². The molecule has 1 amide bonds. The zero-order valence-electron chi connectivity index (χ0n) is 12.1. The lowest BCUT2D eigenvalue weighted by Crippen LogP contribution is -2.20. The summed E-state index contributed by atoms with van der Waals surface area (Å²) < 4.78 is 9.37. The van der Waals surface area contributed by atoms with Gasteiger partial charge in [0.2, 0.25) is 5.13 Å². The molecule has 0 bridgehead atoms. The van der Waals surface area contributed by atoms with Crippen LogP contribution in [0.3, 0.4) is 0 Å². The lowest BCUT2D eigenvalue weighted by atomic mass is 10.2. The van der Waals surface area contributed by atoms with Crippen LogP contribution < -0.4 is 10.9 Å². The lowest BCUT2D eigenvalue weighted by Gasteiger charge is -2.01. The van der Waals surface area contributed by atoms with Crippen LogP contribution in [0.4, 0.5) is 5.13 Å². The number of thiophene rings is 1. The molecule has 0 unspecified atom stereocenters. The van der Waals surface area contributed by atoms with Crippen molar-refractivity contribution in [1.82, 2.24) is 9.36 Å². The van der Waals surface area contributed by atoms with E-state index in [-0.39, 0.29) is 5.56 Å². The molecular formula is C16H9N3O3S2. The van der Waals surface area contributed by atoms with Gasteiger partial charge in [-0.1, -0.05) is 24.3 Å². The summed E-state index contributed by atoms with van der Waals surface area (Å²) >= 11 is 2.57. The fourth-order valence-electron chi connectivity index (χ4n) is 2.16. The molecule has 3 heterocycles. The summed E-state index contributed by atoms with van der Waals surface area (Å²) in [5, 5.41) is 5.53. The number of para-hydroxylation sites is 1. The van der Waals surface area contributed by atoms with Gasteiger partial charge < -0.3 is 4.42 Å². The van der Waals surface area contributed by atoms with E-state index in [1.807, 2.05) is 23.6 Å². The van der Waals surface area contributed by atoms with E-state index in [9.17, 15) is 9.59 Å². The molecule has 0 aliphatic heterocycles. The summed E-state index contributed by atoms with van der Waals surface area (Å²) in [4.78, 5) is 29.5. The van der Waals surface area contributed by atoms with Crippen molar-refractivity contribution >= 4 is 44.9 Å². The molecule has 0 saturated carbocycles. The third-order valence-electron chi connectivity index (χ3n) is 3.27. The summed E-state index contributed by atoms with van der Waals surface area (Å²) in [5.41, 5.74) is -0.314. The first-order chi connectivity index (χ1) is 11.7. The number of hydrogen-bond donors (Lipinski definition) is 1. The molecule has 0 fully saturated rings. The Bertz CT molecular complexity index is 1080. The molecule has 3 aromatic heterocycles. The van der Waals surface area contributed by atoms with Gasteiger partial charge in [0.05, 0.1) is 4.88 Å². The van der Waals surface area contributed by atoms with Gasteiger partial charge in [-0.15, -0.1) is 11.3 Å². The zero-order chi connectivity index (χ0) is 16.5. The number of hydrogen-bond acceptors (Lipinski definition) is 7. The van der Waals surface area contributed by atoms with Gasteiger partial charge in [0.25, 0.3) is 5.91 Å². The number of carbonyl (C=O) groups excluding carboxylic acids is 1. The molecule has 0 spiro atoms. The van der Waals surface area contributed by atoms with Gasteiger partial charge in [-0.2, -0.15) is 9.36 Å². The second-order valence-electron chi connectivity index (χ2n) is 4.84. The first-order valence-electron chi connectivity index (χ1n) is 6.92. The van der Waals surface area contributed by atoms with E-state index < -0.39 is 11.5 Å². The maximum atomic E-state index is 12.3. The SMILES string of the molecule is O=C(Nc1nc(-c2cccs2)ns1)c1cc2ccccc2oc1=O. The average Bonchev–Trinajstić information content (AvgIpc) is 3.25. The number of carbonyl (C=O) groups is 1. The first-order valence-corrected chi connectivity index (χ1v) is 8.58. The van der Waals surface area contributed by atoms with Crippen LogP contribution in [-0.4, -0.2) is 15.3 Å². The highest BCUT2D eigenvalue weighted by Gasteiger charge is 2.16. The van der Waals surface area contributed by atoms with Crippen LogP contribution in [0.1, 0.15) is 10.4 Å². The molecule has 118 valence electrons. The largest absolute Gasteiger partial charge is 0.422 e. The molecule has 8 heteroatoms. The van der Waals surface area contributed by atoms with Gasteiger partial charge in [-0.3, -0.25) is 10.1 Å². The standard InChI is InChI=1S/C16H9N3O3S2/c20-14(10-8-9-4-1-2-5-11(9)22-15(10)21)18-16-17-13(19-24-16)12-6-3-7-23-12/h1-8H,(H,17,18,19,20). The van der Waals surface area contributed by atoms with Crippen LogP contribution in [0.5, 0.6) is 0 Å². The van der Waals surface area contributed by atoms with Gasteiger partial charge in [0.15, 0.2) is 5.82 Å². The third kappa shape index (κ3) is 2.72. The van der Waals surface area contributed by atoms with Gasteiger partial charge in [0.1, 0.15) is 11.1 Å². The van der Waals surface area contributed by atoms with Crippen molar-refractivity contribution < 1.29 is 9.21 Å². The maximum Gasteiger partial charge on any atom is 0.349 e. The number of amides is 1. The number of aromatic nitrogens is 2. The molecule has 0 aliphatic carbocycles. The molecule has 6 nitrogen and oxygen atoms in total. The normalized spacial score (nSPS) is 10.8. The Morgan fingerprint density at radius 1 is 1.17 bits per heavy atom. The van der Waals surface area contributed by atoms with E-state index in [1.165, 1.54) is 17.4 Å². The van der Waals surface area contributed by atoms with Gasteiger partial charge in [0, 0.05) is 16.9 Å². The molecule has 0 saturated heterocycles. The fourth-order valence-corrected chi connectivity index (χ4v) is 3.46. The van der Waals surface area contributed by atoms with Crippen molar-refractivity contribution in [1.29, 1.82) is 0 Å². The Morgan fingerprint density at radius 2 is 2.04 bits per heavy atom. The second kappa shape index (κ2) is 5.99. The van der Waals surface area contributed by atoms with Gasteiger partial charge >= 0.3 is 5.63 Å². The molecule has 1 aromatic carbocycles. The van der Waals surface area contributed by atoms with Crippen LogP contribution in [0, 0.1) is 0 Å². The minimum Gasteiger partial charge on any atom is -0.422 e. The Morgan fingerprint density at radius 3 is 2.88 bits per heavy atom. The zero-order valence-corrected chi connectivity index (χ0v) is 13.7. The Balaban J connectivity index is 1.63. The molecular weight excluding hydrogens is 346 g/mol. The summed E-state index contributed by atoms with van der Waals surface area (Å²) in [5.74, 6) is -0.0146. The second-order valence-corrected chi connectivity index (χ2v) is 6.54. The first kappa shape index (κ1) is 14.7. The van der Waals surface area contributed by atoms with Crippen LogP contribution >= 0.6 is 22.9 Å². The quantitative estimate of drug-likeness (QED) is 0.567. The molecule has 0 atom stereocenters. The summed E-state index contributed by atoms with van der Waals surface area (Å²) in [6.07, 6.45) is 0. The molecule has 1 N–H and O–H groups in total. The van der Waals surface area contributed by atoms with Crippen molar-refractivity contribution in [2.75, 3.05) is 5.32 Å². The van der Waals surface area contributed by atoms with Crippen molar-refractivity contribution in [3.8, 4) is 10.7 Å². The summed E-state index contributed by atoms with van der Waals surface area (Å²) in [7, 11) is 0. The lowest BCUT2D eigenvalue weighted by molar-refractivity contribution is 0.102. The van der Waals surface area contributed by atoms with E-state index in [2.05, 4.69) is 14.7 Å². The predicted molar refractivity (Wildman–Crippen MR) is 93.7 cm³/mol. The highest BCUT2D eigenvalue weighted by molar-refractivity contribution is 7.14. The third-order valence-corrected chi connectivity index (χ3v) is 4.77. The van der Waals surface area contributed by atoms with Gasteiger partial charge in [-0.05, 0) is 23.6 Å². The number of rotatable bonds is 3. The van der Waals surface area contributed by atoms with Crippen molar-refractivity contribution in [3.63, 3.8) is 0 Å². The van der Waals surface area contributed by atoms with Gasteiger partial charge in [-0.25, -0.2) is 4.79 Å². The van der Waals surface area contributed by atoms with Crippen molar-refractivity contribution in [2.45, 2.75) is 0 Å². The average molecular weight is 355 g/mol. The monoisotopic (exact) mass is 355 g/mol. The Kier molecular flexibility index (Phi) is 3.68. The number of fused-ring (bicyclic) bond motifs is 1. The number of benzene rings is 1. The van der Waals surface area contributed by atoms with Crippen LogP contribution in [-0.2, 0) is 0 Å². The number of anilines is 1. The topological polar surface area (TPSA) is 85.1 Å². The molecule has 4 rings (SSSR count). The smallest absolute Gasteiger partial charge is 0.349 e. The molecule has 24 heavy (non-hydrogen) atoms. The van der Waals surface area contributed by atoms with E-state index in [0.717, 1.165) is 16.4 Å². The predicted octanol–water partition coefficient (Wildman–Crippen LogP) is 3.63. The number of nitrogens with zero attached hydrogens (tertiary/aromatic N) is 2. The highest BCUT2D eigenvalue weighted by atomic mass is 32.1. The van der Waals surface area contributed by atoms with E-state index in [4.69, 9.17) is 4.42 Å². The highest BCUT2D eigenvalue weighted by Crippen LogP contribution is 2.25. The molecule has 4 aromatic rings. The number of nitrogens with one attached hydrogen (secondary N) is 1. The van der Waals surface area contributed by atoms with E-state index in [0.29, 0.717) is 21.9 Å². The maximum absolute atomic E-state index is 12.3. The van der Waals surface area contributed by atoms with Crippen LogP contribution in [0.15, 0.2) is 57.1 Å². The van der Waals surface area contributed by atoms with E-state index in [1.54, 1.807) is 18.2 Å². The Hall–Kier alpha value is -2.84. The van der Waals surface area contributed by atoms with E-state index >= 15 is 0 Å². The Labute approximate surface area is 143 Å². The minimum atomic E-state index is -0.686. The van der Waals surface area contributed by atoms with Crippen molar-refractivity contribution in [3.05, 3.63) is 63.8 Å². The molecule has 0 aliphatic rings. The summed E-state index contributed by atoms with van der Waals surface area (Å²) in [6.45, 7) is 0.